The number of rotatable bonds is 6. The highest BCUT2D eigenvalue weighted by molar-refractivity contribution is 7.99. The molecule has 0 aliphatic carbocycles. The molecule has 0 amide bonds. The molecule has 0 radical (unpaired) electrons. The van der Waals surface area contributed by atoms with Gasteiger partial charge in [0, 0.05) is 16.3 Å². The van der Waals surface area contributed by atoms with Gasteiger partial charge in [0.15, 0.2) is 0 Å². The molecule has 1 N–H and O–H groups in total. The Morgan fingerprint density at radius 1 is 1.15 bits per heavy atom. The molecule has 20 heavy (non-hydrogen) atoms. The topological polar surface area (TPSA) is 21.3 Å². The third kappa shape index (κ3) is 4.02. The standard InChI is InChI=1S/C17H21NOS/c1-4-18-12-14-8-9-17(13(2)10-14)20-16-7-5-6-15(11-16)19-3/h5-11,18H,4,12H2,1-3H3. The Kier molecular flexibility index (Phi) is 5.50. The van der Waals surface area contributed by atoms with E-state index in [1.54, 1.807) is 18.9 Å². The maximum Gasteiger partial charge on any atom is 0.119 e. The minimum atomic E-state index is 0.899. The summed E-state index contributed by atoms with van der Waals surface area (Å²) in [6.07, 6.45) is 0. The van der Waals surface area contributed by atoms with Gasteiger partial charge in [-0.2, -0.15) is 0 Å². The Bertz CT molecular complexity index is 569. The summed E-state index contributed by atoms with van der Waals surface area (Å²) in [5.74, 6) is 0.899. The summed E-state index contributed by atoms with van der Waals surface area (Å²) in [6, 6.07) is 14.8. The van der Waals surface area contributed by atoms with Gasteiger partial charge in [-0.3, -0.25) is 0 Å². The van der Waals surface area contributed by atoms with Crippen LogP contribution in [0.4, 0.5) is 0 Å². The summed E-state index contributed by atoms with van der Waals surface area (Å²) in [4.78, 5) is 2.49. The van der Waals surface area contributed by atoms with Crippen molar-refractivity contribution in [3.05, 3.63) is 53.6 Å². The Morgan fingerprint density at radius 3 is 2.70 bits per heavy atom. The van der Waals surface area contributed by atoms with Gasteiger partial charge in [-0.05, 0) is 48.9 Å². The minimum absolute atomic E-state index is 0.899. The number of nitrogens with one attached hydrogen (secondary N) is 1. The van der Waals surface area contributed by atoms with E-state index >= 15 is 0 Å². The quantitative estimate of drug-likeness (QED) is 0.857. The first kappa shape index (κ1) is 14.9. The van der Waals surface area contributed by atoms with Crippen LogP contribution in [0.5, 0.6) is 5.75 Å². The highest BCUT2D eigenvalue weighted by atomic mass is 32.2. The Morgan fingerprint density at radius 2 is 2.00 bits per heavy atom. The Labute approximate surface area is 125 Å². The largest absolute Gasteiger partial charge is 0.497 e. The molecule has 2 aromatic carbocycles. The second kappa shape index (κ2) is 7.36. The Balaban J connectivity index is 2.12. The lowest BCUT2D eigenvalue weighted by molar-refractivity contribution is 0.413. The molecule has 2 rings (SSSR count). The van der Waals surface area contributed by atoms with Crippen LogP contribution in [0.1, 0.15) is 18.1 Å². The van der Waals surface area contributed by atoms with E-state index in [1.165, 1.54) is 20.9 Å². The predicted octanol–water partition coefficient (Wildman–Crippen LogP) is 4.26. The molecule has 2 aromatic rings. The molecular formula is C17H21NOS. The molecule has 3 heteroatoms. The fourth-order valence-electron chi connectivity index (χ4n) is 2.00. The van der Waals surface area contributed by atoms with Crippen molar-refractivity contribution < 1.29 is 4.74 Å². The van der Waals surface area contributed by atoms with Crippen LogP contribution in [-0.4, -0.2) is 13.7 Å². The first-order chi connectivity index (χ1) is 9.72. The molecule has 0 atom stereocenters. The molecule has 106 valence electrons. The molecule has 0 fully saturated rings. The van der Waals surface area contributed by atoms with Crippen LogP contribution in [0.3, 0.4) is 0 Å². The fraction of sp³-hybridized carbons (Fsp3) is 0.294. The van der Waals surface area contributed by atoms with Crippen molar-refractivity contribution in [3.63, 3.8) is 0 Å². The van der Waals surface area contributed by atoms with Crippen molar-refractivity contribution in [2.75, 3.05) is 13.7 Å². The summed E-state index contributed by atoms with van der Waals surface area (Å²) in [5, 5.41) is 3.35. The van der Waals surface area contributed by atoms with Gasteiger partial charge in [0.1, 0.15) is 5.75 Å². The molecule has 0 saturated carbocycles. The van der Waals surface area contributed by atoms with Crippen LogP contribution in [-0.2, 0) is 6.54 Å². The van der Waals surface area contributed by atoms with E-state index in [0.717, 1.165) is 18.8 Å². The number of ether oxygens (including phenoxy) is 1. The zero-order valence-corrected chi connectivity index (χ0v) is 13.1. The second-order valence-electron chi connectivity index (χ2n) is 4.66. The van der Waals surface area contributed by atoms with Gasteiger partial charge < -0.3 is 10.1 Å². The van der Waals surface area contributed by atoms with Crippen molar-refractivity contribution in [1.29, 1.82) is 0 Å². The SMILES string of the molecule is CCNCc1ccc(Sc2cccc(OC)c2)c(C)c1. The molecule has 0 aromatic heterocycles. The average Bonchev–Trinajstić information content (AvgIpc) is 2.48. The first-order valence-corrected chi connectivity index (χ1v) is 7.66. The summed E-state index contributed by atoms with van der Waals surface area (Å²) < 4.78 is 5.26. The van der Waals surface area contributed by atoms with Crippen molar-refractivity contribution >= 4 is 11.8 Å². The van der Waals surface area contributed by atoms with E-state index in [2.05, 4.69) is 49.5 Å². The predicted molar refractivity (Wildman–Crippen MR) is 85.7 cm³/mol. The van der Waals surface area contributed by atoms with Gasteiger partial charge in [0.05, 0.1) is 7.11 Å². The maximum atomic E-state index is 5.26. The van der Waals surface area contributed by atoms with E-state index in [-0.39, 0.29) is 0 Å². The van der Waals surface area contributed by atoms with E-state index < -0.39 is 0 Å². The summed E-state index contributed by atoms with van der Waals surface area (Å²) in [7, 11) is 1.70. The average molecular weight is 287 g/mol. The normalized spacial score (nSPS) is 10.6. The zero-order valence-electron chi connectivity index (χ0n) is 12.3. The number of hydrogen-bond acceptors (Lipinski definition) is 3. The van der Waals surface area contributed by atoms with Crippen LogP contribution in [0.2, 0.25) is 0 Å². The Hall–Kier alpha value is -1.45. The van der Waals surface area contributed by atoms with Crippen molar-refractivity contribution in [2.24, 2.45) is 0 Å². The molecule has 0 heterocycles. The first-order valence-electron chi connectivity index (χ1n) is 6.85. The lowest BCUT2D eigenvalue weighted by atomic mass is 10.1. The van der Waals surface area contributed by atoms with Gasteiger partial charge in [-0.25, -0.2) is 0 Å². The van der Waals surface area contributed by atoms with E-state index in [0.29, 0.717) is 0 Å². The van der Waals surface area contributed by atoms with Crippen LogP contribution < -0.4 is 10.1 Å². The fourth-order valence-corrected chi connectivity index (χ4v) is 2.93. The molecule has 2 nitrogen and oxygen atoms in total. The molecule has 0 unspecified atom stereocenters. The third-order valence-corrected chi connectivity index (χ3v) is 4.26. The van der Waals surface area contributed by atoms with Gasteiger partial charge in [-0.15, -0.1) is 0 Å². The van der Waals surface area contributed by atoms with E-state index in [4.69, 9.17) is 4.74 Å². The van der Waals surface area contributed by atoms with E-state index in [9.17, 15) is 0 Å². The lowest BCUT2D eigenvalue weighted by Gasteiger charge is -2.09. The van der Waals surface area contributed by atoms with Crippen molar-refractivity contribution in [2.45, 2.75) is 30.2 Å². The van der Waals surface area contributed by atoms with Crippen molar-refractivity contribution in [3.8, 4) is 5.75 Å². The monoisotopic (exact) mass is 287 g/mol. The van der Waals surface area contributed by atoms with E-state index in [1.807, 2.05) is 12.1 Å². The van der Waals surface area contributed by atoms with Gasteiger partial charge >= 0.3 is 0 Å². The molecule has 0 spiro atoms. The summed E-state index contributed by atoms with van der Waals surface area (Å²) in [6.45, 7) is 6.22. The highest BCUT2D eigenvalue weighted by Crippen LogP contribution is 2.32. The second-order valence-corrected chi connectivity index (χ2v) is 5.78. The van der Waals surface area contributed by atoms with Gasteiger partial charge in [0.25, 0.3) is 0 Å². The van der Waals surface area contributed by atoms with Gasteiger partial charge in [-0.1, -0.05) is 36.9 Å². The minimum Gasteiger partial charge on any atom is -0.497 e. The maximum absolute atomic E-state index is 5.26. The highest BCUT2D eigenvalue weighted by Gasteiger charge is 2.04. The lowest BCUT2D eigenvalue weighted by Crippen LogP contribution is -2.11. The van der Waals surface area contributed by atoms with Crippen LogP contribution in [0, 0.1) is 6.92 Å². The number of benzene rings is 2. The molecular weight excluding hydrogens is 266 g/mol. The van der Waals surface area contributed by atoms with Crippen LogP contribution >= 0.6 is 11.8 Å². The third-order valence-electron chi connectivity index (χ3n) is 3.09. The summed E-state index contributed by atoms with van der Waals surface area (Å²) in [5.41, 5.74) is 2.65. The number of aryl methyl sites for hydroxylation is 1. The molecule has 0 saturated heterocycles. The molecule has 0 bridgehead atoms. The zero-order chi connectivity index (χ0) is 14.4. The number of hydrogen-bond donors (Lipinski definition) is 1. The van der Waals surface area contributed by atoms with Crippen LogP contribution in [0.15, 0.2) is 52.3 Å². The van der Waals surface area contributed by atoms with Crippen molar-refractivity contribution in [1.82, 2.24) is 5.32 Å². The number of methoxy groups -OCH3 is 1. The van der Waals surface area contributed by atoms with Crippen LogP contribution in [0.25, 0.3) is 0 Å². The molecule has 0 aliphatic rings. The van der Waals surface area contributed by atoms with Gasteiger partial charge in [0.2, 0.25) is 0 Å². The molecule has 0 aliphatic heterocycles. The smallest absolute Gasteiger partial charge is 0.119 e. The summed E-state index contributed by atoms with van der Waals surface area (Å²) >= 11 is 1.78.